The van der Waals surface area contributed by atoms with Crippen molar-refractivity contribution in [3.63, 3.8) is 0 Å². The molecule has 0 rings (SSSR count). The average molecular weight is 809 g/mol. The summed E-state index contributed by atoms with van der Waals surface area (Å²) in [6, 6.07) is 0. The van der Waals surface area contributed by atoms with E-state index in [9.17, 15) is 14.7 Å². The predicted octanol–water partition coefficient (Wildman–Crippen LogP) is 12.8. The Balaban J connectivity index is 3.39. The van der Waals surface area contributed by atoms with Gasteiger partial charge in [0.1, 0.15) is 13.2 Å². The molecule has 3 atom stereocenters. The van der Waals surface area contributed by atoms with Crippen LogP contribution in [0.5, 0.6) is 0 Å². The van der Waals surface area contributed by atoms with Gasteiger partial charge in [0, 0.05) is 26.4 Å². The highest BCUT2D eigenvalue weighted by Gasteiger charge is 2.07. The van der Waals surface area contributed by atoms with Gasteiger partial charge in [-0.05, 0) is 102 Å². The van der Waals surface area contributed by atoms with Crippen LogP contribution in [-0.2, 0) is 33.3 Å². The highest BCUT2D eigenvalue weighted by atomic mass is 16.6. The SMILES string of the molecule is CCCCCC(C)C/C=C/CCCCCCCOC(=O)COCCCCC(O)CCCOCCCOCC(=O)OCCCCCCC/C=C/CC(C)CCCCC. The summed E-state index contributed by atoms with van der Waals surface area (Å²) in [6.07, 6.45) is 40.4. The first-order valence-corrected chi connectivity index (χ1v) is 23.9. The van der Waals surface area contributed by atoms with Crippen LogP contribution in [0.1, 0.15) is 207 Å². The number of allylic oxidation sites excluding steroid dienone is 4. The molecule has 1 N–H and O–H groups in total. The molecule has 57 heavy (non-hydrogen) atoms. The number of esters is 2. The molecule has 3 unspecified atom stereocenters. The van der Waals surface area contributed by atoms with Crippen molar-refractivity contribution < 1.29 is 38.4 Å². The third kappa shape index (κ3) is 45.2. The van der Waals surface area contributed by atoms with Crippen molar-refractivity contribution in [2.75, 3.05) is 52.9 Å². The molecule has 0 aliphatic heterocycles. The van der Waals surface area contributed by atoms with Gasteiger partial charge in [-0.3, -0.25) is 0 Å². The zero-order valence-electron chi connectivity index (χ0n) is 37.8. The fourth-order valence-electron chi connectivity index (χ4n) is 6.68. The number of aliphatic hydroxyl groups excluding tert-OH is 1. The zero-order chi connectivity index (χ0) is 41.7. The Morgan fingerprint density at radius 1 is 0.439 bits per heavy atom. The highest BCUT2D eigenvalue weighted by molar-refractivity contribution is 5.70. The van der Waals surface area contributed by atoms with Gasteiger partial charge in [0.05, 0.1) is 19.3 Å². The van der Waals surface area contributed by atoms with Gasteiger partial charge in [-0.1, -0.05) is 142 Å². The lowest BCUT2D eigenvalue weighted by Crippen LogP contribution is -2.15. The third-order valence-corrected chi connectivity index (χ3v) is 10.5. The smallest absolute Gasteiger partial charge is 0.332 e. The van der Waals surface area contributed by atoms with Crippen LogP contribution in [-0.4, -0.2) is 76.0 Å². The second-order valence-corrected chi connectivity index (χ2v) is 16.5. The molecule has 8 nitrogen and oxygen atoms in total. The van der Waals surface area contributed by atoms with E-state index in [-0.39, 0.29) is 31.3 Å². The standard InChI is InChI=1S/C49H92O8/c1-5-7-21-31-45(3)33-23-17-13-9-11-15-19-26-41-56-48(51)43-54-37-28-25-35-47(50)36-29-38-53-39-30-40-55-44-49(52)57-42-27-20-16-12-10-14-18-24-34-46(4)32-22-8-6-2/h17-18,23-24,45-47,50H,5-16,19-22,25-44H2,1-4H3/b23-17+,24-18+. The lowest BCUT2D eigenvalue weighted by Gasteiger charge is -2.11. The number of rotatable bonds is 45. The minimum atomic E-state index is -0.357. The van der Waals surface area contributed by atoms with Crippen LogP contribution in [0.25, 0.3) is 0 Å². The summed E-state index contributed by atoms with van der Waals surface area (Å²) in [6.45, 7) is 12.3. The Labute approximate surface area is 352 Å². The number of unbranched alkanes of at least 4 members (excludes halogenated alkanes) is 15. The van der Waals surface area contributed by atoms with Gasteiger partial charge in [0.15, 0.2) is 0 Å². The summed E-state index contributed by atoms with van der Waals surface area (Å²) >= 11 is 0. The Hall–Kier alpha value is -1.74. The second kappa shape index (κ2) is 45.3. The van der Waals surface area contributed by atoms with Crippen molar-refractivity contribution in [2.24, 2.45) is 11.8 Å². The zero-order valence-corrected chi connectivity index (χ0v) is 37.8. The van der Waals surface area contributed by atoms with E-state index in [2.05, 4.69) is 52.0 Å². The average Bonchev–Trinajstić information content (AvgIpc) is 3.19. The lowest BCUT2D eigenvalue weighted by atomic mass is 9.99. The Kier molecular flexibility index (Phi) is 44.0. The van der Waals surface area contributed by atoms with E-state index in [4.69, 9.17) is 23.7 Å². The first-order chi connectivity index (χ1) is 27.9. The van der Waals surface area contributed by atoms with Crippen molar-refractivity contribution in [3.8, 4) is 0 Å². The quantitative estimate of drug-likeness (QED) is 0.0369. The molecule has 0 saturated heterocycles. The van der Waals surface area contributed by atoms with E-state index < -0.39 is 0 Å². The van der Waals surface area contributed by atoms with Crippen LogP contribution in [0.4, 0.5) is 0 Å². The van der Waals surface area contributed by atoms with Crippen molar-refractivity contribution in [3.05, 3.63) is 24.3 Å². The fourth-order valence-corrected chi connectivity index (χ4v) is 6.68. The first kappa shape index (κ1) is 55.3. The maximum absolute atomic E-state index is 11.9. The molecule has 336 valence electrons. The van der Waals surface area contributed by atoms with Crippen molar-refractivity contribution in [1.29, 1.82) is 0 Å². The highest BCUT2D eigenvalue weighted by Crippen LogP contribution is 2.16. The summed E-state index contributed by atoms with van der Waals surface area (Å²) in [5, 5.41) is 10.2. The molecule has 0 amide bonds. The molecule has 0 saturated carbocycles. The molecular formula is C49H92O8. The minimum Gasteiger partial charge on any atom is -0.464 e. The van der Waals surface area contributed by atoms with Crippen molar-refractivity contribution in [1.82, 2.24) is 0 Å². The summed E-state index contributed by atoms with van der Waals surface area (Å²) in [7, 11) is 0. The van der Waals surface area contributed by atoms with E-state index in [0.717, 1.165) is 56.8 Å². The Morgan fingerprint density at radius 3 is 1.37 bits per heavy atom. The molecule has 0 aliphatic rings. The largest absolute Gasteiger partial charge is 0.464 e. The van der Waals surface area contributed by atoms with Gasteiger partial charge in [-0.25, -0.2) is 9.59 Å². The fraction of sp³-hybridized carbons (Fsp3) is 0.878. The normalized spacial score (nSPS) is 13.4. The monoisotopic (exact) mass is 809 g/mol. The molecule has 0 heterocycles. The van der Waals surface area contributed by atoms with E-state index in [1.54, 1.807) is 0 Å². The third-order valence-electron chi connectivity index (χ3n) is 10.5. The van der Waals surface area contributed by atoms with E-state index >= 15 is 0 Å². The molecule has 8 heteroatoms. The molecule has 0 radical (unpaired) electrons. The van der Waals surface area contributed by atoms with Crippen molar-refractivity contribution >= 4 is 11.9 Å². The lowest BCUT2D eigenvalue weighted by molar-refractivity contribution is -0.150. The molecule has 0 aliphatic carbocycles. The first-order valence-electron chi connectivity index (χ1n) is 23.9. The molecule has 0 aromatic heterocycles. The number of hydrogen-bond donors (Lipinski definition) is 1. The molecule has 0 aromatic rings. The number of carbonyl (C=O) groups is 2. The van der Waals surface area contributed by atoms with Crippen LogP contribution >= 0.6 is 0 Å². The Morgan fingerprint density at radius 2 is 0.842 bits per heavy atom. The van der Waals surface area contributed by atoms with Crippen LogP contribution in [0.15, 0.2) is 24.3 Å². The number of hydrogen-bond acceptors (Lipinski definition) is 8. The maximum atomic E-state index is 11.9. The number of ether oxygens (including phenoxy) is 5. The topological polar surface area (TPSA) is 101 Å². The van der Waals surface area contributed by atoms with E-state index in [1.165, 1.54) is 116 Å². The van der Waals surface area contributed by atoms with Crippen LogP contribution in [0, 0.1) is 11.8 Å². The summed E-state index contributed by atoms with van der Waals surface area (Å²) < 4.78 is 27.1. The Bertz CT molecular complexity index is 906. The van der Waals surface area contributed by atoms with Gasteiger partial charge < -0.3 is 28.8 Å². The van der Waals surface area contributed by atoms with Crippen LogP contribution < -0.4 is 0 Å². The summed E-state index contributed by atoms with van der Waals surface area (Å²) in [4.78, 5) is 23.8. The summed E-state index contributed by atoms with van der Waals surface area (Å²) in [5.74, 6) is 1.01. The van der Waals surface area contributed by atoms with Crippen molar-refractivity contribution in [2.45, 2.75) is 214 Å². The van der Waals surface area contributed by atoms with Gasteiger partial charge >= 0.3 is 11.9 Å². The molecule has 0 fully saturated rings. The van der Waals surface area contributed by atoms with Gasteiger partial charge in [-0.15, -0.1) is 0 Å². The maximum Gasteiger partial charge on any atom is 0.332 e. The van der Waals surface area contributed by atoms with Gasteiger partial charge in [-0.2, -0.15) is 0 Å². The number of aliphatic hydroxyl groups is 1. The number of carbonyl (C=O) groups excluding carboxylic acids is 2. The predicted molar refractivity (Wildman–Crippen MR) is 238 cm³/mol. The van der Waals surface area contributed by atoms with Crippen LogP contribution in [0.3, 0.4) is 0 Å². The molecular weight excluding hydrogens is 717 g/mol. The van der Waals surface area contributed by atoms with Gasteiger partial charge in [0.2, 0.25) is 0 Å². The molecule has 0 bridgehead atoms. The van der Waals surface area contributed by atoms with Gasteiger partial charge in [0.25, 0.3) is 0 Å². The summed E-state index contributed by atoms with van der Waals surface area (Å²) in [5.41, 5.74) is 0. The van der Waals surface area contributed by atoms with E-state index in [1.807, 2.05) is 0 Å². The molecule has 0 aromatic carbocycles. The van der Waals surface area contributed by atoms with Crippen LogP contribution in [0.2, 0.25) is 0 Å². The minimum absolute atomic E-state index is 0.00363. The molecule has 0 spiro atoms. The van der Waals surface area contributed by atoms with E-state index in [0.29, 0.717) is 58.9 Å². The second-order valence-electron chi connectivity index (χ2n) is 16.5.